The zero-order valence-electron chi connectivity index (χ0n) is 10.2. The van der Waals surface area contributed by atoms with Gasteiger partial charge in [0, 0.05) is 5.69 Å². The summed E-state index contributed by atoms with van der Waals surface area (Å²) in [6.07, 6.45) is 0.300. The predicted octanol–water partition coefficient (Wildman–Crippen LogP) is 1.80. The Hall–Kier alpha value is -2.35. The molecule has 0 aromatic heterocycles. The number of amides is 1. The van der Waals surface area contributed by atoms with E-state index in [0.29, 0.717) is 12.1 Å². The van der Waals surface area contributed by atoms with Crippen molar-refractivity contribution in [3.8, 4) is 6.07 Å². The van der Waals surface area contributed by atoms with Crippen LogP contribution in [0.15, 0.2) is 24.3 Å². The van der Waals surface area contributed by atoms with Crippen LogP contribution in [0.4, 0.5) is 5.69 Å². The highest BCUT2D eigenvalue weighted by Crippen LogP contribution is 2.19. The minimum atomic E-state index is -1.48. The van der Waals surface area contributed by atoms with Crippen LogP contribution in [0.2, 0.25) is 0 Å². The minimum absolute atomic E-state index is 0.300. The van der Waals surface area contributed by atoms with Gasteiger partial charge in [-0.15, -0.1) is 0 Å². The Balaban J connectivity index is 2.77. The highest BCUT2D eigenvalue weighted by Gasteiger charge is 2.35. The fourth-order valence-corrected chi connectivity index (χ4v) is 1.18. The Labute approximate surface area is 105 Å². The molecule has 0 unspecified atom stereocenters. The fraction of sp³-hybridized carbons (Fsp3) is 0.308. The van der Waals surface area contributed by atoms with Crippen molar-refractivity contribution in [2.45, 2.75) is 20.3 Å². The van der Waals surface area contributed by atoms with Crippen LogP contribution in [-0.2, 0) is 16.0 Å². The van der Waals surface area contributed by atoms with E-state index in [0.717, 1.165) is 5.56 Å². The molecule has 0 spiro atoms. The van der Waals surface area contributed by atoms with E-state index in [2.05, 4.69) is 5.32 Å². The van der Waals surface area contributed by atoms with Crippen LogP contribution in [0.1, 0.15) is 19.4 Å². The van der Waals surface area contributed by atoms with Crippen LogP contribution < -0.4 is 5.32 Å². The topological polar surface area (TPSA) is 90.2 Å². The molecule has 0 radical (unpaired) electrons. The summed E-state index contributed by atoms with van der Waals surface area (Å²) < 4.78 is 0. The van der Waals surface area contributed by atoms with E-state index in [9.17, 15) is 9.59 Å². The van der Waals surface area contributed by atoms with Gasteiger partial charge in [0.25, 0.3) is 0 Å². The SMILES string of the molecule is CC(C)(C(=O)O)C(=O)Nc1ccc(CC#N)cc1. The third-order valence-electron chi connectivity index (χ3n) is 2.60. The molecule has 1 amide bonds. The van der Waals surface area contributed by atoms with Crippen molar-refractivity contribution < 1.29 is 14.7 Å². The summed E-state index contributed by atoms with van der Waals surface area (Å²) in [7, 11) is 0. The number of carbonyl (C=O) groups is 2. The quantitative estimate of drug-likeness (QED) is 0.792. The van der Waals surface area contributed by atoms with E-state index in [-0.39, 0.29) is 0 Å². The molecule has 0 heterocycles. The van der Waals surface area contributed by atoms with E-state index in [4.69, 9.17) is 10.4 Å². The van der Waals surface area contributed by atoms with Crippen LogP contribution in [0.25, 0.3) is 0 Å². The van der Waals surface area contributed by atoms with Gasteiger partial charge in [0.15, 0.2) is 0 Å². The van der Waals surface area contributed by atoms with Crippen molar-refractivity contribution in [1.82, 2.24) is 0 Å². The Kier molecular flexibility index (Phi) is 4.05. The van der Waals surface area contributed by atoms with Gasteiger partial charge in [0.05, 0.1) is 12.5 Å². The monoisotopic (exact) mass is 246 g/mol. The molecule has 0 aliphatic rings. The number of carboxylic acid groups (broad SMARTS) is 1. The lowest BCUT2D eigenvalue weighted by molar-refractivity contribution is -0.151. The van der Waals surface area contributed by atoms with Crippen molar-refractivity contribution in [3.05, 3.63) is 29.8 Å². The summed E-state index contributed by atoms with van der Waals surface area (Å²) in [5, 5.41) is 20.0. The third-order valence-corrected chi connectivity index (χ3v) is 2.60. The number of aliphatic carboxylic acids is 1. The molecule has 5 nitrogen and oxygen atoms in total. The van der Waals surface area contributed by atoms with Gasteiger partial charge in [-0.1, -0.05) is 12.1 Å². The summed E-state index contributed by atoms with van der Waals surface area (Å²) in [6.45, 7) is 2.68. The lowest BCUT2D eigenvalue weighted by atomic mass is 9.92. The number of hydrogen-bond donors (Lipinski definition) is 2. The number of hydrogen-bond acceptors (Lipinski definition) is 3. The molecule has 0 saturated carbocycles. The van der Waals surface area contributed by atoms with E-state index in [1.807, 2.05) is 6.07 Å². The molecule has 0 atom stereocenters. The first-order valence-electron chi connectivity index (χ1n) is 5.38. The van der Waals surface area contributed by atoms with Crippen molar-refractivity contribution >= 4 is 17.6 Å². The highest BCUT2D eigenvalue weighted by atomic mass is 16.4. The molecule has 2 N–H and O–H groups in total. The maximum Gasteiger partial charge on any atom is 0.318 e. The molecule has 0 fully saturated rings. The van der Waals surface area contributed by atoms with Crippen molar-refractivity contribution in [2.75, 3.05) is 5.32 Å². The highest BCUT2D eigenvalue weighted by molar-refractivity contribution is 6.07. The van der Waals surface area contributed by atoms with Gasteiger partial charge in [0.2, 0.25) is 5.91 Å². The predicted molar refractivity (Wildman–Crippen MR) is 65.8 cm³/mol. The van der Waals surface area contributed by atoms with Gasteiger partial charge >= 0.3 is 5.97 Å². The molecule has 1 rings (SSSR count). The van der Waals surface area contributed by atoms with Gasteiger partial charge in [-0.05, 0) is 31.5 Å². The summed E-state index contributed by atoms with van der Waals surface area (Å²) in [5.41, 5.74) is -0.130. The number of nitrogens with zero attached hydrogens (tertiary/aromatic N) is 1. The van der Waals surface area contributed by atoms with Gasteiger partial charge in [-0.2, -0.15) is 5.26 Å². The van der Waals surface area contributed by atoms with Crippen LogP contribution in [0, 0.1) is 16.7 Å². The van der Waals surface area contributed by atoms with E-state index in [1.165, 1.54) is 13.8 Å². The van der Waals surface area contributed by atoms with Crippen molar-refractivity contribution in [1.29, 1.82) is 5.26 Å². The van der Waals surface area contributed by atoms with Crippen molar-refractivity contribution in [2.24, 2.45) is 5.41 Å². The lowest BCUT2D eigenvalue weighted by Crippen LogP contribution is -2.37. The molecular weight excluding hydrogens is 232 g/mol. The second-order valence-corrected chi connectivity index (χ2v) is 4.42. The number of carbonyl (C=O) groups excluding carboxylic acids is 1. The fourth-order valence-electron chi connectivity index (χ4n) is 1.18. The first kappa shape index (κ1) is 13.7. The summed E-state index contributed by atoms with van der Waals surface area (Å²) >= 11 is 0. The number of rotatable bonds is 4. The van der Waals surface area contributed by atoms with Crippen LogP contribution in [-0.4, -0.2) is 17.0 Å². The molecule has 0 saturated heterocycles. The molecule has 1 aromatic carbocycles. The number of benzene rings is 1. The molecule has 0 bridgehead atoms. The maximum absolute atomic E-state index is 11.7. The molecule has 94 valence electrons. The summed E-state index contributed by atoms with van der Waals surface area (Å²) in [6, 6.07) is 8.73. The van der Waals surface area contributed by atoms with Crippen LogP contribution >= 0.6 is 0 Å². The van der Waals surface area contributed by atoms with Crippen molar-refractivity contribution in [3.63, 3.8) is 0 Å². The zero-order chi connectivity index (χ0) is 13.8. The Morgan fingerprint density at radius 1 is 1.33 bits per heavy atom. The number of nitriles is 1. The first-order chi connectivity index (χ1) is 8.37. The molecule has 0 aliphatic carbocycles. The van der Waals surface area contributed by atoms with Gasteiger partial charge < -0.3 is 10.4 Å². The first-order valence-corrected chi connectivity index (χ1v) is 5.38. The third kappa shape index (κ3) is 3.08. The average Bonchev–Trinajstić information content (AvgIpc) is 2.31. The number of carboxylic acids is 1. The second kappa shape index (κ2) is 5.32. The molecule has 1 aromatic rings. The second-order valence-electron chi connectivity index (χ2n) is 4.42. The van der Waals surface area contributed by atoms with Crippen LogP contribution in [0.3, 0.4) is 0 Å². The lowest BCUT2D eigenvalue weighted by Gasteiger charge is -2.18. The standard InChI is InChI=1S/C13H14N2O3/c1-13(2,12(17)18)11(16)15-10-5-3-9(4-6-10)7-8-14/h3-6H,7H2,1-2H3,(H,15,16)(H,17,18). The average molecular weight is 246 g/mol. The Bertz CT molecular complexity index is 498. The molecule has 18 heavy (non-hydrogen) atoms. The van der Waals surface area contributed by atoms with Crippen LogP contribution in [0.5, 0.6) is 0 Å². The Morgan fingerprint density at radius 2 is 1.89 bits per heavy atom. The Morgan fingerprint density at radius 3 is 2.33 bits per heavy atom. The van der Waals surface area contributed by atoms with Gasteiger partial charge in [-0.3, -0.25) is 9.59 Å². The zero-order valence-corrected chi connectivity index (χ0v) is 10.2. The van der Waals surface area contributed by atoms with E-state index < -0.39 is 17.3 Å². The minimum Gasteiger partial charge on any atom is -0.480 e. The van der Waals surface area contributed by atoms with E-state index in [1.54, 1.807) is 24.3 Å². The van der Waals surface area contributed by atoms with Gasteiger partial charge in [-0.25, -0.2) is 0 Å². The molecule has 5 heteroatoms. The smallest absolute Gasteiger partial charge is 0.318 e. The number of anilines is 1. The maximum atomic E-state index is 11.7. The summed E-state index contributed by atoms with van der Waals surface area (Å²) in [5.74, 6) is -1.76. The summed E-state index contributed by atoms with van der Waals surface area (Å²) in [4.78, 5) is 22.6. The molecule has 0 aliphatic heterocycles. The van der Waals surface area contributed by atoms with Gasteiger partial charge in [0.1, 0.15) is 5.41 Å². The molecular formula is C13H14N2O3. The largest absolute Gasteiger partial charge is 0.480 e. The number of nitrogens with one attached hydrogen (secondary N) is 1. The van der Waals surface area contributed by atoms with E-state index >= 15 is 0 Å². The normalized spacial score (nSPS) is 10.5.